The first-order valence-corrected chi connectivity index (χ1v) is 8.16. The van der Waals surface area contributed by atoms with E-state index >= 15 is 0 Å². The minimum atomic E-state index is -1.88. The van der Waals surface area contributed by atoms with E-state index in [1.54, 1.807) is 0 Å². The molecule has 105 valence electrons. The van der Waals surface area contributed by atoms with Crippen LogP contribution in [0.15, 0.2) is 18.2 Å². The quantitative estimate of drug-likeness (QED) is 0.684. The summed E-state index contributed by atoms with van der Waals surface area (Å²) in [6.45, 7) is 9.20. The van der Waals surface area contributed by atoms with E-state index in [-0.39, 0.29) is 5.41 Å². The summed E-state index contributed by atoms with van der Waals surface area (Å²) in [4.78, 5) is 12.5. The van der Waals surface area contributed by atoms with E-state index in [2.05, 4.69) is 0 Å². The van der Waals surface area contributed by atoms with Gasteiger partial charge >= 0.3 is 9.28 Å². The van der Waals surface area contributed by atoms with Crippen molar-refractivity contribution in [3.8, 4) is 0 Å². The van der Waals surface area contributed by atoms with Gasteiger partial charge in [0, 0.05) is 18.8 Å². The molecule has 0 aliphatic rings. The summed E-state index contributed by atoms with van der Waals surface area (Å²) in [5, 5.41) is 0.0214. The fraction of sp³-hybridized carbons (Fsp3) is 0.533. The Labute approximate surface area is 117 Å². The van der Waals surface area contributed by atoms with Crippen molar-refractivity contribution in [1.29, 1.82) is 0 Å². The van der Waals surface area contributed by atoms with Crippen LogP contribution in [0.2, 0.25) is 0 Å². The van der Waals surface area contributed by atoms with Crippen LogP contribution in [0.5, 0.6) is 0 Å². The van der Waals surface area contributed by atoms with Crippen LogP contribution in [-0.2, 0) is 8.85 Å². The average molecular weight is 279 g/mol. The summed E-state index contributed by atoms with van der Waals surface area (Å²) in [6, 6.07) is 5.78. The third kappa shape index (κ3) is 4.56. The first kappa shape index (κ1) is 16.1. The summed E-state index contributed by atoms with van der Waals surface area (Å²) in [7, 11) is -1.88. The molecule has 1 radical (unpaired) electrons. The van der Waals surface area contributed by atoms with Gasteiger partial charge in [0.1, 0.15) is 0 Å². The Morgan fingerprint density at radius 1 is 1.11 bits per heavy atom. The molecule has 0 atom stereocenters. The lowest BCUT2D eigenvalue weighted by atomic mass is 10.0. The van der Waals surface area contributed by atoms with E-state index in [1.807, 2.05) is 45.9 Å². The smallest absolute Gasteiger partial charge is 0.388 e. The predicted octanol–water partition coefficient (Wildman–Crippen LogP) is 3.37. The van der Waals surface area contributed by atoms with Gasteiger partial charge in [0.15, 0.2) is 0 Å². The van der Waals surface area contributed by atoms with E-state index in [0.29, 0.717) is 13.2 Å². The molecule has 0 amide bonds. The zero-order valence-corrected chi connectivity index (χ0v) is 13.3. The number of aryl methyl sites for hydroxylation is 1. The van der Waals surface area contributed by atoms with Gasteiger partial charge in [-0.05, 0) is 37.8 Å². The summed E-state index contributed by atoms with van der Waals surface area (Å²) < 4.78 is 11.3. The average Bonchev–Trinajstić information content (AvgIpc) is 2.41. The van der Waals surface area contributed by atoms with Crippen LogP contribution >= 0.6 is 0 Å². The van der Waals surface area contributed by atoms with Gasteiger partial charge in [-0.1, -0.05) is 32.0 Å². The highest BCUT2D eigenvalue weighted by Gasteiger charge is 2.29. The Morgan fingerprint density at radius 2 is 1.68 bits per heavy atom. The summed E-state index contributed by atoms with van der Waals surface area (Å²) >= 11 is 0. The molecular weight excluding hydrogens is 256 g/mol. The second-order valence-electron chi connectivity index (χ2n) is 4.56. The van der Waals surface area contributed by atoms with Crippen molar-refractivity contribution in [2.75, 3.05) is 13.2 Å². The Morgan fingerprint density at radius 3 is 2.21 bits per heavy atom. The van der Waals surface area contributed by atoms with Crippen molar-refractivity contribution < 1.29 is 13.6 Å². The maximum absolute atomic E-state index is 12.5. The van der Waals surface area contributed by atoms with E-state index in [0.717, 1.165) is 29.5 Å². The predicted molar refractivity (Wildman–Crippen MR) is 78.5 cm³/mol. The highest BCUT2D eigenvalue weighted by Crippen LogP contribution is 2.15. The molecule has 3 nitrogen and oxygen atoms in total. The minimum Gasteiger partial charge on any atom is -0.388 e. The van der Waals surface area contributed by atoms with Gasteiger partial charge in [-0.15, -0.1) is 0 Å². The van der Waals surface area contributed by atoms with Crippen molar-refractivity contribution in [2.45, 2.75) is 40.5 Å². The fourth-order valence-corrected chi connectivity index (χ4v) is 3.28. The van der Waals surface area contributed by atoms with Crippen molar-refractivity contribution in [2.24, 2.45) is 0 Å². The van der Waals surface area contributed by atoms with Crippen molar-refractivity contribution >= 4 is 14.7 Å². The second-order valence-corrected chi connectivity index (χ2v) is 6.17. The molecular formula is C15H23O3Si. The molecule has 19 heavy (non-hydrogen) atoms. The number of rotatable bonds is 8. The molecule has 0 N–H and O–H groups in total. The zero-order valence-electron chi connectivity index (χ0n) is 12.3. The molecule has 0 bridgehead atoms. The monoisotopic (exact) mass is 279 g/mol. The fourth-order valence-electron chi connectivity index (χ4n) is 1.67. The van der Waals surface area contributed by atoms with E-state index in [9.17, 15) is 4.79 Å². The molecule has 0 heterocycles. The Bertz CT molecular complexity index is 410. The molecule has 0 saturated heterocycles. The molecule has 0 fully saturated rings. The number of carbonyl (C=O) groups excluding carboxylic acids is 1. The van der Waals surface area contributed by atoms with Crippen molar-refractivity contribution in [3.63, 3.8) is 0 Å². The van der Waals surface area contributed by atoms with E-state index in [4.69, 9.17) is 8.85 Å². The normalized spacial score (nSPS) is 11.0. The molecule has 0 spiro atoms. The van der Waals surface area contributed by atoms with Crippen LogP contribution < -0.4 is 0 Å². The highest BCUT2D eigenvalue weighted by molar-refractivity contribution is 6.83. The lowest BCUT2D eigenvalue weighted by Gasteiger charge is -2.15. The maximum Gasteiger partial charge on any atom is 0.468 e. The molecule has 0 unspecified atom stereocenters. The molecule has 1 rings (SSSR count). The van der Waals surface area contributed by atoms with Gasteiger partial charge in [0.05, 0.1) is 0 Å². The minimum absolute atomic E-state index is 0.0214. The largest absolute Gasteiger partial charge is 0.468 e. The molecule has 4 heteroatoms. The van der Waals surface area contributed by atoms with Gasteiger partial charge in [-0.25, -0.2) is 0 Å². The number of hydrogen-bond acceptors (Lipinski definition) is 3. The van der Waals surface area contributed by atoms with E-state index in [1.165, 1.54) is 0 Å². The van der Waals surface area contributed by atoms with Crippen LogP contribution in [0, 0.1) is 13.8 Å². The third-order valence-electron chi connectivity index (χ3n) is 2.91. The maximum atomic E-state index is 12.5. The van der Waals surface area contributed by atoms with Crippen LogP contribution in [0.3, 0.4) is 0 Å². The van der Waals surface area contributed by atoms with Gasteiger partial charge in [0.25, 0.3) is 0 Å². The number of carbonyl (C=O) groups is 1. The number of hydrogen-bond donors (Lipinski definition) is 0. The van der Waals surface area contributed by atoms with E-state index < -0.39 is 9.28 Å². The summed E-state index contributed by atoms with van der Waals surface area (Å²) in [5.41, 5.74) is 2.88. The van der Waals surface area contributed by atoms with Gasteiger partial charge in [-0.3, -0.25) is 4.79 Å². The van der Waals surface area contributed by atoms with Crippen LogP contribution in [0.1, 0.15) is 48.2 Å². The standard InChI is InChI=1S/C15H23O3Si/c1-5-10-17-19(18-11-6-2)15(16)14-9-7-8-12(3)13(14)4/h7-9H,5-6,10-11H2,1-4H3. The highest BCUT2D eigenvalue weighted by atomic mass is 28.3. The Kier molecular flexibility index (Phi) is 6.98. The first-order chi connectivity index (χ1) is 9.11. The van der Waals surface area contributed by atoms with Crippen molar-refractivity contribution in [1.82, 2.24) is 0 Å². The lowest BCUT2D eigenvalue weighted by Crippen LogP contribution is -2.34. The molecule has 0 saturated carbocycles. The Balaban J connectivity index is 2.87. The molecule has 0 aliphatic carbocycles. The third-order valence-corrected chi connectivity index (χ3v) is 4.48. The van der Waals surface area contributed by atoms with Gasteiger partial charge in [-0.2, -0.15) is 0 Å². The zero-order chi connectivity index (χ0) is 14.3. The van der Waals surface area contributed by atoms with Crippen LogP contribution in [0.25, 0.3) is 0 Å². The molecule has 1 aromatic rings. The first-order valence-electron chi connectivity index (χ1n) is 6.85. The molecule has 0 aliphatic heterocycles. The number of benzene rings is 1. The lowest BCUT2D eigenvalue weighted by molar-refractivity contribution is 0.0972. The molecule has 0 aromatic heterocycles. The Hall–Kier alpha value is -0.973. The van der Waals surface area contributed by atoms with Crippen LogP contribution in [0.4, 0.5) is 0 Å². The topological polar surface area (TPSA) is 35.5 Å². The van der Waals surface area contributed by atoms with Gasteiger partial charge < -0.3 is 8.85 Å². The van der Waals surface area contributed by atoms with Crippen molar-refractivity contribution in [3.05, 3.63) is 34.9 Å². The van der Waals surface area contributed by atoms with Gasteiger partial charge in [0.2, 0.25) is 5.41 Å². The SMILES string of the molecule is CCCO[Si](OCCC)C(=O)c1cccc(C)c1C. The second kappa shape index (κ2) is 8.25. The van der Waals surface area contributed by atoms with Crippen LogP contribution in [-0.4, -0.2) is 27.9 Å². The summed E-state index contributed by atoms with van der Waals surface area (Å²) in [5.74, 6) is 0. The molecule has 1 aromatic carbocycles. The summed E-state index contributed by atoms with van der Waals surface area (Å²) in [6.07, 6.45) is 1.79.